The van der Waals surface area contributed by atoms with Crippen LogP contribution in [0.25, 0.3) is 11.1 Å². The van der Waals surface area contributed by atoms with Crippen molar-refractivity contribution in [2.75, 3.05) is 19.5 Å². The SMILES string of the molecule is CCOc1cc(-c2c(C(=O)O)c(N)[nH]c(=O)c2C(=O)O)ccc1OC(C)C(=O)OC. The van der Waals surface area contributed by atoms with Gasteiger partial charge >= 0.3 is 17.9 Å². The molecule has 0 fully saturated rings. The van der Waals surface area contributed by atoms with E-state index in [1.165, 1.54) is 32.2 Å². The third kappa shape index (κ3) is 4.35. The molecule has 11 nitrogen and oxygen atoms in total. The molecule has 1 aromatic heterocycles. The van der Waals surface area contributed by atoms with Gasteiger partial charge in [-0.1, -0.05) is 6.07 Å². The highest BCUT2D eigenvalue weighted by atomic mass is 16.6. The Kier molecular flexibility index (Phi) is 6.67. The lowest BCUT2D eigenvalue weighted by Crippen LogP contribution is -2.25. The Balaban J connectivity index is 2.74. The van der Waals surface area contributed by atoms with Gasteiger partial charge < -0.3 is 35.1 Å². The summed E-state index contributed by atoms with van der Waals surface area (Å²) in [6.07, 6.45) is -0.973. The number of aromatic nitrogens is 1. The molecule has 0 aliphatic rings. The lowest BCUT2D eigenvalue weighted by atomic mass is 9.95. The second-order valence-electron chi connectivity index (χ2n) is 5.98. The molecular weight excluding hydrogens is 400 g/mol. The molecule has 0 saturated carbocycles. The van der Waals surface area contributed by atoms with Crippen molar-refractivity contribution >= 4 is 23.7 Å². The summed E-state index contributed by atoms with van der Waals surface area (Å²) in [5, 5.41) is 19.0. The second kappa shape index (κ2) is 8.99. The highest BCUT2D eigenvalue weighted by Gasteiger charge is 2.27. The molecule has 1 aromatic carbocycles. The molecule has 0 spiro atoms. The Labute approximate surface area is 170 Å². The molecule has 30 heavy (non-hydrogen) atoms. The zero-order valence-electron chi connectivity index (χ0n) is 16.3. The number of aromatic carboxylic acids is 2. The van der Waals surface area contributed by atoms with Gasteiger partial charge in [-0.15, -0.1) is 0 Å². The van der Waals surface area contributed by atoms with Crippen molar-refractivity contribution < 1.29 is 38.8 Å². The van der Waals surface area contributed by atoms with Gasteiger partial charge in [0.2, 0.25) is 0 Å². The maximum absolute atomic E-state index is 12.2. The summed E-state index contributed by atoms with van der Waals surface area (Å²) in [6, 6.07) is 3.99. The van der Waals surface area contributed by atoms with Crippen LogP contribution in [0.4, 0.5) is 5.82 Å². The van der Waals surface area contributed by atoms with Crippen molar-refractivity contribution in [2.45, 2.75) is 20.0 Å². The molecule has 0 radical (unpaired) electrons. The zero-order chi connectivity index (χ0) is 22.6. The van der Waals surface area contributed by atoms with E-state index < -0.39 is 46.5 Å². The number of rotatable bonds is 8. The van der Waals surface area contributed by atoms with E-state index in [9.17, 15) is 29.4 Å². The number of hydrogen-bond acceptors (Lipinski definition) is 8. The highest BCUT2D eigenvalue weighted by Crippen LogP contribution is 2.36. The number of hydrogen-bond donors (Lipinski definition) is 4. The molecule has 0 saturated heterocycles. The summed E-state index contributed by atoms with van der Waals surface area (Å²) in [4.78, 5) is 49.2. The lowest BCUT2D eigenvalue weighted by Gasteiger charge is -2.18. The molecule has 2 rings (SSSR count). The zero-order valence-corrected chi connectivity index (χ0v) is 16.3. The standard InChI is InChI=1S/C19H20N2O9/c1-4-29-11-7-9(5-6-10(11)30-8(2)19(27)28-3)12-13(17(23)24)15(20)21-16(22)14(12)18(25)26/h5-8H,4H2,1-3H3,(H,23,24)(H,25,26)(H3,20,21,22). The monoisotopic (exact) mass is 420 g/mol. The van der Waals surface area contributed by atoms with Gasteiger partial charge in [-0.2, -0.15) is 0 Å². The normalized spacial score (nSPS) is 11.4. The predicted octanol–water partition coefficient (Wildman–Crippen LogP) is 1.36. The van der Waals surface area contributed by atoms with Crippen molar-refractivity contribution in [2.24, 2.45) is 0 Å². The van der Waals surface area contributed by atoms with Gasteiger partial charge in [-0.05, 0) is 31.5 Å². The van der Waals surface area contributed by atoms with Gasteiger partial charge in [0.25, 0.3) is 5.56 Å². The number of aromatic amines is 1. The van der Waals surface area contributed by atoms with E-state index in [0.29, 0.717) is 0 Å². The topological polar surface area (TPSA) is 178 Å². The number of carbonyl (C=O) groups is 3. The molecule has 0 aliphatic carbocycles. The predicted molar refractivity (Wildman–Crippen MR) is 104 cm³/mol. The number of nitrogens with two attached hydrogens (primary N) is 1. The van der Waals surface area contributed by atoms with E-state index in [0.717, 1.165) is 0 Å². The number of anilines is 1. The van der Waals surface area contributed by atoms with Crippen LogP contribution in [0.15, 0.2) is 23.0 Å². The number of ether oxygens (including phenoxy) is 3. The number of nitrogen functional groups attached to an aromatic ring is 1. The third-order valence-electron chi connectivity index (χ3n) is 4.04. The summed E-state index contributed by atoms with van der Waals surface area (Å²) in [7, 11) is 1.20. The van der Waals surface area contributed by atoms with Crippen molar-refractivity contribution in [3.8, 4) is 22.6 Å². The van der Waals surface area contributed by atoms with Crippen LogP contribution in [-0.2, 0) is 9.53 Å². The van der Waals surface area contributed by atoms with Crippen LogP contribution >= 0.6 is 0 Å². The van der Waals surface area contributed by atoms with E-state index in [2.05, 4.69) is 4.74 Å². The van der Waals surface area contributed by atoms with Crippen LogP contribution < -0.4 is 20.8 Å². The van der Waals surface area contributed by atoms with Crippen LogP contribution in [0.3, 0.4) is 0 Å². The molecule has 1 atom stereocenters. The number of esters is 1. The molecule has 0 bridgehead atoms. The average molecular weight is 420 g/mol. The minimum atomic E-state index is -1.63. The number of pyridine rings is 1. The largest absolute Gasteiger partial charge is 0.490 e. The van der Waals surface area contributed by atoms with Gasteiger partial charge in [0.05, 0.1) is 13.7 Å². The first-order chi connectivity index (χ1) is 14.1. The summed E-state index contributed by atoms with van der Waals surface area (Å²) in [6.45, 7) is 3.32. The van der Waals surface area contributed by atoms with Gasteiger partial charge in [0.15, 0.2) is 17.6 Å². The van der Waals surface area contributed by atoms with E-state index in [-0.39, 0.29) is 29.2 Å². The average Bonchev–Trinajstić information content (AvgIpc) is 2.67. The lowest BCUT2D eigenvalue weighted by molar-refractivity contribution is -0.147. The molecule has 160 valence electrons. The first-order valence-electron chi connectivity index (χ1n) is 8.66. The minimum absolute atomic E-state index is 0.0455. The molecule has 1 unspecified atom stereocenters. The Morgan fingerprint density at radius 3 is 2.30 bits per heavy atom. The molecular formula is C19H20N2O9. The van der Waals surface area contributed by atoms with Crippen LogP contribution in [0.1, 0.15) is 34.6 Å². The Bertz CT molecular complexity index is 1060. The maximum Gasteiger partial charge on any atom is 0.346 e. The van der Waals surface area contributed by atoms with Gasteiger partial charge in [0, 0.05) is 5.56 Å². The highest BCUT2D eigenvalue weighted by molar-refractivity contribution is 6.07. The van der Waals surface area contributed by atoms with Crippen molar-refractivity contribution in [1.82, 2.24) is 4.98 Å². The first-order valence-corrected chi connectivity index (χ1v) is 8.66. The van der Waals surface area contributed by atoms with E-state index in [4.69, 9.17) is 15.2 Å². The Morgan fingerprint density at radius 1 is 1.13 bits per heavy atom. The number of nitrogens with one attached hydrogen (secondary N) is 1. The summed E-state index contributed by atoms with van der Waals surface area (Å²) >= 11 is 0. The van der Waals surface area contributed by atoms with Crippen LogP contribution in [0.2, 0.25) is 0 Å². The molecule has 0 aliphatic heterocycles. The third-order valence-corrected chi connectivity index (χ3v) is 4.04. The van der Waals surface area contributed by atoms with E-state index in [1.54, 1.807) is 6.92 Å². The van der Waals surface area contributed by atoms with Gasteiger partial charge in [0.1, 0.15) is 16.9 Å². The fraction of sp³-hybridized carbons (Fsp3) is 0.263. The quantitative estimate of drug-likeness (QED) is 0.456. The van der Waals surface area contributed by atoms with Crippen LogP contribution in [0, 0.1) is 0 Å². The molecule has 11 heteroatoms. The molecule has 0 amide bonds. The summed E-state index contributed by atoms with van der Waals surface area (Å²) in [5.41, 5.74) is 2.87. The van der Waals surface area contributed by atoms with Crippen molar-refractivity contribution in [3.05, 3.63) is 39.7 Å². The van der Waals surface area contributed by atoms with Gasteiger partial charge in [-0.25, -0.2) is 14.4 Å². The van der Waals surface area contributed by atoms with Gasteiger partial charge in [-0.3, -0.25) is 4.79 Å². The number of methoxy groups -OCH3 is 1. The second-order valence-corrected chi connectivity index (χ2v) is 5.98. The van der Waals surface area contributed by atoms with Crippen LogP contribution in [-0.4, -0.2) is 52.9 Å². The Hall–Kier alpha value is -4.02. The minimum Gasteiger partial charge on any atom is -0.490 e. The molecule has 2 aromatic rings. The number of benzene rings is 1. The number of carboxylic acid groups (broad SMARTS) is 2. The number of carbonyl (C=O) groups excluding carboxylic acids is 1. The van der Waals surface area contributed by atoms with E-state index in [1.807, 2.05) is 4.98 Å². The first kappa shape index (κ1) is 22.3. The van der Waals surface area contributed by atoms with Crippen molar-refractivity contribution in [3.63, 3.8) is 0 Å². The number of carboxylic acids is 2. The Morgan fingerprint density at radius 2 is 1.77 bits per heavy atom. The summed E-state index contributed by atoms with van der Waals surface area (Å²) < 4.78 is 15.6. The fourth-order valence-electron chi connectivity index (χ4n) is 2.77. The summed E-state index contributed by atoms with van der Waals surface area (Å²) in [5.74, 6) is -4.07. The smallest absolute Gasteiger partial charge is 0.346 e. The van der Waals surface area contributed by atoms with E-state index >= 15 is 0 Å². The van der Waals surface area contributed by atoms with Crippen molar-refractivity contribution in [1.29, 1.82) is 0 Å². The molecule has 1 heterocycles. The molecule has 5 N–H and O–H groups in total. The van der Waals surface area contributed by atoms with Crippen LogP contribution in [0.5, 0.6) is 11.5 Å². The maximum atomic E-state index is 12.2. The number of H-pyrrole nitrogens is 1. The fourth-order valence-corrected chi connectivity index (χ4v) is 2.77.